The number of nitrogens with zero attached hydrogens (tertiary/aromatic N) is 2. The topological polar surface area (TPSA) is 78.7 Å². The lowest BCUT2D eigenvalue weighted by Crippen LogP contribution is -2.50. The highest BCUT2D eigenvalue weighted by atomic mass is 32.2. The highest BCUT2D eigenvalue weighted by Crippen LogP contribution is 2.19. The van der Waals surface area contributed by atoms with Gasteiger partial charge in [-0.1, -0.05) is 13.8 Å². The lowest BCUT2D eigenvalue weighted by atomic mass is 9.93. The van der Waals surface area contributed by atoms with Crippen LogP contribution in [-0.4, -0.2) is 64.4 Å². The van der Waals surface area contributed by atoms with Crippen molar-refractivity contribution in [3.63, 3.8) is 0 Å². The van der Waals surface area contributed by atoms with Crippen molar-refractivity contribution in [2.45, 2.75) is 26.7 Å². The fourth-order valence-electron chi connectivity index (χ4n) is 2.73. The van der Waals surface area contributed by atoms with E-state index in [1.54, 1.807) is 4.31 Å². The van der Waals surface area contributed by atoms with E-state index in [9.17, 15) is 8.42 Å². The molecule has 1 aliphatic rings. The molecule has 1 fully saturated rings. The third-order valence-corrected chi connectivity index (χ3v) is 5.15. The van der Waals surface area contributed by atoms with Crippen molar-refractivity contribution in [2.24, 2.45) is 17.1 Å². The number of rotatable bonds is 7. The van der Waals surface area contributed by atoms with Crippen molar-refractivity contribution in [2.75, 3.05) is 46.8 Å². The summed E-state index contributed by atoms with van der Waals surface area (Å²) in [7, 11) is 0.600. The molecular weight excluding hydrogens is 276 g/mol. The van der Waals surface area contributed by atoms with Crippen molar-refractivity contribution < 1.29 is 8.42 Å². The molecule has 1 heterocycles. The lowest BCUT2D eigenvalue weighted by Gasteiger charge is -2.33. The maximum absolute atomic E-state index is 12.3. The molecule has 1 aliphatic heterocycles. The van der Waals surface area contributed by atoms with Gasteiger partial charge in [0.15, 0.2) is 0 Å². The van der Waals surface area contributed by atoms with Crippen molar-refractivity contribution in [1.29, 1.82) is 0 Å². The molecule has 0 bridgehead atoms. The van der Waals surface area contributed by atoms with Crippen LogP contribution < -0.4 is 10.5 Å². The summed E-state index contributed by atoms with van der Waals surface area (Å²) in [4.78, 5) is 2.07. The molecule has 0 aromatic heterocycles. The van der Waals surface area contributed by atoms with Crippen molar-refractivity contribution >= 4 is 10.2 Å². The summed E-state index contributed by atoms with van der Waals surface area (Å²) in [6.45, 7) is 7.10. The highest BCUT2D eigenvalue weighted by Gasteiger charge is 2.30. The average molecular weight is 306 g/mol. The molecule has 1 atom stereocenters. The second-order valence-corrected chi connectivity index (χ2v) is 8.59. The van der Waals surface area contributed by atoms with Gasteiger partial charge >= 0.3 is 0 Å². The Balaban J connectivity index is 2.57. The third kappa shape index (κ3) is 5.65. The minimum atomic E-state index is -3.39. The Morgan fingerprint density at radius 3 is 2.60 bits per heavy atom. The number of hydrogen-bond donors (Lipinski definition) is 2. The van der Waals surface area contributed by atoms with E-state index < -0.39 is 10.2 Å². The van der Waals surface area contributed by atoms with E-state index >= 15 is 0 Å². The van der Waals surface area contributed by atoms with Crippen LogP contribution in [0.1, 0.15) is 26.7 Å². The van der Waals surface area contributed by atoms with Gasteiger partial charge in [0.05, 0.1) is 0 Å². The molecule has 0 amide bonds. The molecule has 7 heteroatoms. The molecule has 0 saturated carbocycles. The average Bonchev–Trinajstić information content (AvgIpc) is 2.35. The first-order chi connectivity index (χ1) is 9.16. The molecule has 0 aromatic carbocycles. The van der Waals surface area contributed by atoms with Gasteiger partial charge in [-0.05, 0) is 44.8 Å². The molecule has 0 radical (unpaired) electrons. The molecule has 1 rings (SSSR count). The van der Waals surface area contributed by atoms with E-state index in [0.717, 1.165) is 19.4 Å². The zero-order chi connectivity index (χ0) is 15.4. The quantitative estimate of drug-likeness (QED) is 0.698. The summed E-state index contributed by atoms with van der Waals surface area (Å²) in [5, 5.41) is 0. The second-order valence-electron chi connectivity index (χ2n) is 6.83. The summed E-state index contributed by atoms with van der Waals surface area (Å²) in [5.41, 5.74) is 5.56. The van der Waals surface area contributed by atoms with Gasteiger partial charge < -0.3 is 10.6 Å². The highest BCUT2D eigenvalue weighted by molar-refractivity contribution is 7.87. The first-order valence-electron chi connectivity index (χ1n) is 7.26. The Bertz CT molecular complexity index is 395. The Hall–Kier alpha value is -0.210. The van der Waals surface area contributed by atoms with Crippen molar-refractivity contribution in [3.8, 4) is 0 Å². The standard InChI is InChI=1S/C13H30N4O2S/c1-13(2,11-16(3)4)10-15-20(18,19)17-7-5-6-12(8-14)9-17/h12,15H,5-11,14H2,1-4H3. The van der Waals surface area contributed by atoms with Crippen molar-refractivity contribution in [3.05, 3.63) is 0 Å². The maximum atomic E-state index is 12.3. The molecule has 3 N–H and O–H groups in total. The molecule has 0 aromatic rings. The summed E-state index contributed by atoms with van der Waals surface area (Å²) in [5.74, 6) is 0.287. The monoisotopic (exact) mass is 306 g/mol. The van der Waals surface area contributed by atoms with Gasteiger partial charge in [0, 0.05) is 26.2 Å². The number of piperidine rings is 1. The van der Waals surface area contributed by atoms with Crippen LogP contribution in [0.25, 0.3) is 0 Å². The maximum Gasteiger partial charge on any atom is 0.279 e. The van der Waals surface area contributed by atoms with Gasteiger partial charge in [-0.25, -0.2) is 4.72 Å². The normalized spacial score (nSPS) is 22.4. The first kappa shape index (κ1) is 17.8. The smallest absolute Gasteiger partial charge is 0.279 e. The fourth-order valence-corrected chi connectivity index (χ4v) is 4.26. The number of nitrogens with two attached hydrogens (primary N) is 1. The Morgan fingerprint density at radius 1 is 1.40 bits per heavy atom. The van der Waals surface area contributed by atoms with Crippen LogP contribution in [0.5, 0.6) is 0 Å². The van der Waals surface area contributed by atoms with Gasteiger partial charge in [0.1, 0.15) is 0 Å². The van der Waals surface area contributed by atoms with Gasteiger partial charge in [-0.2, -0.15) is 12.7 Å². The van der Waals surface area contributed by atoms with Crippen LogP contribution >= 0.6 is 0 Å². The first-order valence-corrected chi connectivity index (χ1v) is 8.70. The van der Waals surface area contributed by atoms with E-state index in [2.05, 4.69) is 23.5 Å². The Morgan fingerprint density at radius 2 is 2.05 bits per heavy atom. The molecule has 1 saturated heterocycles. The molecule has 1 unspecified atom stereocenters. The van der Waals surface area contributed by atoms with Gasteiger partial charge in [0.25, 0.3) is 10.2 Å². The lowest BCUT2D eigenvalue weighted by molar-refractivity contribution is 0.235. The second kappa shape index (κ2) is 7.17. The van der Waals surface area contributed by atoms with Gasteiger partial charge in [-0.15, -0.1) is 0 Å². The Kier molecular flexibility index (Phi) is 6.40. The molecular formula is C13H30N4O2S. The summed E-state index contributed by atoms with van der Waals surface area (Å²) >= 11 is 0. The van der Waals surface area contributed by atoms with Crippen molar-refractivity contribution in [1.82, 2.24) is 13.9 Å². The van der Waals surface area contributed by atoms with Gasteiger partial charge in [-0.3, -0.25) is 0 Å². The largest absolute Gasteiger partial charge is 0.330 e. The fraction of sp³-hybridized carbons (Fsp3) is 1.00. The minimum absolute atomic E-state index is 0.0976. The molecule has 0 spiro atoms. The van der Waals surface area contributed by atoms with E-state index in [-0.39, 0.29) is 11.3 Å². The Labute approximate surface area is 123 Å². The van der Waals surface area contributed by atoms with Crippen LogP contribution in [0.2, 0.25) is 0 Å². The van der Waals surface area contributed by atoms with Crippen LogP contribution in [-0.2, 0) is 10.2 Å². The third-order valence-electron chi connectivity index (χ3n) is 3.63. The van der Waals surface area contributed by atoms with Crippen LogP contribution in [0.4, 0.5) is 0 Å². The SMILES string of the molecule is CN(C)CC(C)(C)CNS(=O)(=O)N1CCCC(CN)C1. The summed E-state index contributed by atoms with van der Waals surface area (Å²) in [6.07, 6.45) is 1.92. The zero-order valence-corrected chi connectivity index (χ0v) is 14.0. The van der Waals surface area contributed by atoms with Crippen LogP contribution in [0, 0.1) is 11.3 Å². The van der Waals surface area contributed by atoms with E-state index in [1.807, 2.05) is 14.1 Å². The van der Waals surface area contributed by atoms with E-state index in [4.69, 9.17) is 5.73 Å². The van der Waals surface area contributed by atoms with E-state index in [0.29, 0.717) is 26.2 Å². The predicted molar refractivity (Wildman–Crippen MR) is 82.6 cm³/mol. The predicted octanol–water partition coefficient (Wildman–Crippen LogP) is 0.0793. The molecule has 0 aliphatic carbocycles. The number of nitrogens with one attached hydrogen (secondary N) is 1. The molecule has 20 heavy (non-hydrogen) atoms. The number of hydrogen-bond acceptors (Lipinski definition) is 4. The molecule has 6 nitrogen and oxygen atoms in total. The van der Waals surface area contributed by atoms with Crippen LogP contribution in [0.15, 0.2) is 0 Å². The molecule has 120 valence electrons. The minimum Gasteiger partial charge on any atom is -0.330 e. The summed E-state index contributed by atoms with van der Waals surface area (Å²) in [6, 6.07) is 0. The van der Waals surface area contributed by atoms with Gasteiger partial charge in [0.2, 0.25) is 0 Å². The summed E-state index contributed by atoms with van der Waals surface area (Å²) < 4.78 is 29.0. The van der Waals surface area contributed by atoms with Crippen LogP contribution in [0.3, 0.4) is 0 Å². The van der Waals surface area contributed by atoms with E-state index in [1.165, 1.54) is 0 Å². The zero-order valence-electron chi connectivity index (χ0n) is 13.2.